The van der Waals surface area contributed by atoms with Crippen molar-refractivity contribution in [2.24, 2.45) is 11.8 Å². The normalized spacial score (nSPS) is 21.1. The SMILES string of the molecule is COc1cc([C@H]2c3c(cc(OC)c(O)c3OC)C[C@@H](CO)[C@@H]2CO)ccc1O. The van der Waals surface area contributed by atoms with Gasteiger partial charge < -0.3 is 34.6 Å². The molecule has 2 aromatic rings. The number of hydrogen-bond donors (Lipinski definition) is 4. The average Bonchev–Trinajstić information content (AvgIpc) is 2.72. The van der Waals surface area contributed by atoms with Crippen LogP contribution in [0.1, 0.15) is 22.6 Å². The highest BCUT2D eigenvalue weighted by molar-refractivity contribution is 5.62. The third kappa shape index (κ3) is 3.21. The van der Waals surface area contributed by atoms with Crippen LogP contribution in [0.4, 0.5) is 0 Å². The molecule has 0 radical (unpaired) electrons. The standard InChI is InChI=1S/C21H26O7/c1-26-16-7-11(4-5-15(16)24)18-14(10-23)13(9-22)6-12-8-17(27-2)20(25)21(28-3)19(12)18/h4-5,7-8,13-14,18,22-25H,6,9-10H2,1-3H3/t13-,14-,18+/m0/s1. The maximum Gasteiger partial charge on any atom is 0.201 e. The lowest BCUT2D eigenvalue weighted by Gasteiger charge is -2.39. The van der Waals surface area contributed by atoms with E-state index < -0.39 is 0 Å². The van der Waals surface area contributed by atoms with E-state index in [1.54, 1.807) is 18.2 Å². The Balaban J connectivity index is 2.29. The van der Waals surface area contributed by atoms with Crippen molar-refractivity contribution < 1.29 is 34.6 Å². The number of phenolic OH excluding ortho intramolecular Hbond substituents is 2. The molecule has 1 aliphatic carbocycles. The third-order valence-electron chi connectivity index (χ3n) is 5.60. The first kappa shape index (κ1) is 20.1. The zero-order valence-electron chi connectivity index (χ0n) is 16.2. The molecule has 152 valence electrons. The van der Waals surface area contributed by atoms with E-state index in [1.807, 2.05) is 0 Å². The van der Waals surface area contributed by atoms with Gasteiger partial charge in [-0.3, -0.25) is 0 Å². The molecule has 28 heavy (non-hydrogen) atoms. The van der Waals surface area contributed by atoms with E-state index >= 15 is 0 Å². The minimum atomic E-state index is -0.382. The molecule has 0 saturated heterocycles. The van der Waals surface area contributed by atoms with Gasteiger partial charge in [-0.15, -0.1) is 0 Å². The van der Waals surface area contributed by atoms with Crippen molar-refractivity contribution in [2.45, 2.75) is 12.3 Å². The van der Waals surface area contributed by atoms with Crippen LogP contribution in [0.5, 0.6) is 28.7 Å². The zero-order valence-corrected chi connectivity index (χ0v) is 16.2. The van der Waals surface area contributed by atoms with Crippen molar-refractivity contribution in [1.82, 2.24) is 0 Å². The smallest absolute Gasteiger partial charge is 0.201 e. The van der Waals surface area contributed by atoms with Crippen LogP contribution in [0.25, 0.3) is 0 Å². The van der Waals surface area contributed by atoms with Crippen LogP contribution in [0.15, 0.2) is 24.3 Å². The Hall–Kier alpha value is -2.64. The Morgan fingerprint density at radius 2 is 1.64 bits per heavy atom. The molecule has 0 spiro atoms. The summed E-state index contributed by atoms with van der Waals surface area (Å²) in [5, 5.41) is 40.7. The average molecular weight is 390 g/mol. The quantitative estimate of drug-likeness (QED) is 0.598. The molecular formula is C21H26O7. The highest BCUT2D eigenvalue weighted by Gasteiger charge is 2.40. The van der Waals surface area contributed by atoms with Gasteiger partial charge in [0, 0.05) is 24.7 Å². The summed E-state index contributed by atoms with van der Waals surface area (Å²) in [6.45, 7) is -0.254. The molecule has 0 aromatic heterocycles. The lowest BCUT2D eigenvalue weighted by atomic mass is 9.66. The number of hydrogen-bond acceptors (Lipinski definition) is 7. The molecule has 7 nitrogen and oxygen atoms in total. The Morgan fingerprint density at radius 1 is 0.929 bits per heavy atom. The van der Waals surface area contributed by atoms with E-state index in [-0.39, 0.29) is 54.0 Å². The molecule has 0 fully saturated rings. The molecule has 3 atom stereocenters. The van der Waals surface area contributed by atoms with Crippen LogP contribution < -0.4 is 14.2 Å². The van der Waals surface area contributed by atoms with Gasteiger partial charge in [0.1, 0.15) is 0 Å². The predicted molar refractivity (Wildman–Crippen MR) is 103 cm³/mol. The predicted octanol–water partition coefficient (Wildman–Crippen LogP) is 2.03. The summed E-state index contributed by atoms with van der Waals surface area (Å²) in [6, 6.07) is 6.72. The van der Waals surface area contributed by atoms with Gasteiger partial charge in [0.25, 0.3) is 0 Å². The van der Waals surface area contributed by atoms with Crippen molar-refractivity contribution in [1.29, 1.82) is 0 Å². The first-order chi connectivity index (χ1) is 13.5. The Bertz CT molecular complexity index is 849. The summed E-state index contributed by atoms with van der Waals surface area (Å²) in [5.41, 5.74) is 2.38. The number of methoxy groups -OCH3 is 3. The molecule has 1 aliphatic rings. The fourth-order valence-corrected chi connectivity index (χ4v) is 4.24. The van der Waals surface area contributed by atoms with Crippen LogP contribution in [-0.4, -0.2) is 55.0 Å². The summed E-state index contributed by atoms with van der Waals surface area (Å²) >= 11 is 0. The van der Waals surface area contributed by atoms with Crippen LogP contribution in [0, 0.1) is 11.8 Å². The molecule has 0 bridgehead atoms. The summed E-state index contributed by atoms with van der Waals surface area (Å²) < 4.78 is 16.0. The van der Waals surface area contributed by atoms with Crippen LogP contribution in [-0.2, 0) is 6.42 Å². The molecule has 2 aromatic carbocycles. The van der Waals surface area contributed by atoms with Crippen LogP contribution in [0.3, 0.4) is 0 Å². The maximum atomic E-state index is 10.6. The number of ether oxygens (including phenoxy) is 3. The van der Waals surface area contributed by atoms with E-state index in [4.69, 9.17) is 14.2 Å². The number of aliphatic hydroxyl groups excluding tert-OH is 2. The fraction of sp³-hybridized carbons (Fsp3) is 0.429. The number of aliphatic hydroxyl groups is 2. The van der Waals surface area contributed by atoms with Crippen molar-refractivity contribution in [3.05, 3.63) is 41.0 Å². The molecule has 7 heteroatoms. The first-order valence-electron chi connectivity index (χ1n) is 9.05. The molecule has 0 amide bonds. The van der Waals surface area contributed by atoms with Gasteiger partial charge in [-0.05, 0) is 47.6 Å². The minimum Gasteiger partial charge on any atom is -0.504 e. The van der Waals surface area contributed by atoms with Gasteiger partial charge in [0.15, 0.2) is 23.0 Å². The largest absolute Gasteiger partial charge is 0.504 e. The summed E-state index contributed by atoms with van der Waals surface area (Å²) in [6.07, 6.45) is 0.510. The van der Waals surface area contributed by atoms with Crippen molar-refractivity contribution in [2.75, 3.05) is 34.5 Å². The van der Waals surface area contributed by atoms with Gasteiger partial charge >= 0.3 is 0 Å². The molecule has 4 N–H and O–H groups in total. The molecule has 0 saturated carbocycles. The minimum absolute atomic E-state index is 0.00563. The van der Waals surface area contributed by atoms with E-state index in [0.29, 0.717) is 12.2 Å². The third-order valence-corrected chi connectivity index (χ3v) is 5.60. The first-order valence-corrected chi connectivity index (χ1v) is 9.05. The van der Waals surface area contributed by atoms with Crippen molar-refractivity contribution >= 4 is 0 Å². The second-order valence-electron chi connectivity index (χ2n) is 6.94. The topological polar surface area (TPSA) is 109 Å². The Kier molecular flexibility index (Phi) is 5.86. The number of phenols is 2. The second-order valence-corrected chi connectivity index (χ2v) is 6.94. The van der Waals surface area contributed by atoms with Gasteiger partial charge in [-0.2, -0.15) is 0 Å². The van der Waals surface area contributed by atoms with E-state index in [1.165, 1.54) is 27.4 Å². The number of aromatic hydroxyl groups is 2. The van der Waals surface area contributed by atoms with Gasteiger partial charge in [0.2, 0.25) is 5.75 Å². The number of benzene rings is 2. The van der Waals surface area contributed by atoms with E-state index in [0.717, 1.165) is 16.7 Å². The van der Waals surface area contributed by atoms with Gasteiger partial charge in [-0.1, -0.05) is 6.07 Å². The molecule has 3 rings (SSSR count). The van der Waals surface area contributed by atoms with Crippen molar-refractivity contribution in [3.63, 3.8) is 0 Å². The fourth-order valence-electron chi connectivity index (χ4n) is 4.24. The summed E-state index contributed by atoms with van der Waals surface area (Å²) in [7, 11) is 4.40. The van der Waals surface area contributed by atoms with E-state index in [2.05, 4.69) is 0 Å². The molecular weight excluding hydrogens is 364 g/mol. The monoisotopic (exact) mass is 390 g/mol. The maximum absolute atomic E-state index is 10.6. The van der Waals surface area contributed by atoms with Gasteiger partial charge in [0.05, 0.1) is 21.3 Å². The zero-order chi connectivity index (χ0) is 20.4. The lowest BCUT2D eigenvalue weighted by Crippen LogP contribution is -2.35. The highest BCUT2D eigenvalue weighted by Crippen LogP contribution is 2.53. The summed E-state index contributed by atoms with van der Waals surface area (Å²) in [5.74, 6) is -0.122. The Labute approximate surface area is 163 Å². The highest BCUT2D eigenvalue weighted by atomic mass is 16.5. The molecule has 0 unspecified atom stereocenters. The van der Waals surface area contributed by atoms with Gasteiger partial charge in [-0.25, -0.2) is 0 Å². The van der Waals surface area contributed by atoms with Crippen LogP contribution in [0.2, 0.25) is 0 Å². The molecule has 0 heterocycles. The van der Waals surface area contributed by atoms with E-state index in [9.17, 15) is 20.4 Å². The summed E-state index contributed by atoms with van der Waals surface area (Å²) in [4.78, 5) is 0. The molecule has 0 aliphatic heterocycles. The Morgan fingerprint density at radius 3 is 2.21 bits per heavy atom. The van der Waals surface area contributed by atoms with Crippen molar-refractivity contribution in [3.8, 4) is 28.7 Å². The van der Waals surface area contributed by atoms with Crippen LogP contribution >= 0.6 is 0 Å². The number of rotatable bonds is 6. The lowest BCUT2D eigenvalue weighted by molar-refractivity contribution is 0.1000. The second kappa shape index (κ2) is 8.16. The number of fused-ring (bicyclic) bond motifs is 1.